The van der Waals surface area contributed by atoms with Gasteiger partial charge in [0.05, 0.1) is 10.4 Å². The molecule has 0 saturated heterocycles. The highest BCUT2D eigenvalue weighted by atomic mass is 32.1. The van der Waals surface area contributed by atoms with Crippen LogP contribution >= 0.6 is 11.3 Å². The summed E-state index contributed by atoms with van der Waals surface area (Å²) < 4.78 is 0. The molecule has 29 heavy (non-hydrogen) atoms. The Hall–Kier alpha value is -1.84. The fourth-order valence-electron chi connectivity index (χ4n) is 4.33. The number of anilines is 1. The number of rotatable bonds is 4. The third kappa shape index (κ3) is 5.02. The van der Waals surface area contributed by atoms with Gasteiger partial charge in [-0.05, 0) is 77.2 Å². The highest BCUT2D eigenvalue weighted by Gasteiger charge is 2.33. The molecular weight excluding hydrogens is 386 g/mol. The van der Waals surface area contributed by atoms with E-state index in [0.29, 0.717) is 28.6 Å². The van der Waals surface area contributed by atoms with Crippen molar-refractivity contribution in [3.63, 3.8) is 0 Å². The maximum absolute atomic E-state index is 13.3. The van der Waals surface area contributed by atoms with Gasteiger partial charge in [-0.25, -0.2) is 4.79 Å². The van der Waals surface area contributed by atoms with Crippen molar-refractivity contribution >= 4 is 28.2 Å². The number of carbonyl (C=O) groups excluding carboxylic acids is 1. The Kier molecular flexibility index (Phi) is 6.70. The van der Waals surface area contributed by atoms with E-state index in [1.807, 2.05) is 13.8 Å². The first kappa shape index (κ1) is 21.9. The van der Waals surface area contributed by atoms with Gasteiger partial charge in [-0.3, -0.25) is 4.79 Å². The predicted octanol–water partition coefficient (Wildman–Crippen LogP) is 4.67. The van der Waals surface area contributed by atoms with Gasteiger partial charge in [0.15, 0.2) is 0 Å². The summed E-state index contributed by atoms with van der Waals surface area (Å²) in [5.41, 5.74) is -0.858. The van der Waals surface area contributed by atoms with Gasteiger partial charge in [0.25, 0.3) is 0 Å². The van der Waals surface area contributed by atoms with Gasteiger partial charge in [0.1, 0.15) is 10.6 Å². The van der Waals surface area contributed by atoms with Crippen LogP contribution in [-0.4, -0.2) is 33.7 Å². The Balaban J connectivity index is 1.91. The third-order valence-electron chi connectivity index (χ3n) is 6.13. The van der Waals surface area contributed by atoms with E-state index < -0.39 is 11.6 Å². The highest BCUT2D eigenvalue weighted by Crippen LogP contribution is 2.37. The molecule has 0 spiro atoms. The number of aliphatic hydroxyl groups is 1. The minimum atomic E-state index is -1.06. The van der Waals surface area contributed by atoms with Gasteiger partial charge in [0.2, 0.25) is 5.91 Å². The number of nitrogens with zero attached hydrogens (tertiary/aromatic N) is 1. The lowest BCUT2D eigenvalue weighted by atomic mass is 9.82. The first-order valence-corrected chi connectivity index (χ1v) is 11.5. The van der Waals surface area contributed by atoms with E-state index in [-0.39, 0.29) is 23.4 Å². The lowest BCUT2D eigenvalue weighted by Gasteiger charge is -2.33. The SMILES string of the molecule is CC1CCC(C(=O)N(c2sc(C#CC3(O)CCCC3)cc2C(=O)O)C(C)C)CC1. The van der Waals surface area contributed by atoms with E-state index in [0.717, 1.165) is 38.5 Å². The van der Waals surface area contributed by atoms with Crippen LogP contribution in [0.1, 0.15) is 87.4 Å². The first-order valence-electron chi connectivity index (χ1n) is 10.7. The minimum absolute atomic E-state index is 0.0187. The average molecular weight is 418 g/mol. The Morgan fingerprint density at radius 2 is 1.83 bits per heavy atom. The Bertz CT molecular complexity index is 818. The van der Waals surface area contributed by atoms with Crippen molar-refractivity contribution < 1.29 is 19.8 Å². The van der Waals surface area contributed by atoms with Gasteiger partial charge >= 0.3 is 5.97 Å². The van der Waals surface area contributed by atoms with Crippen LogP contribution in [0.5, 0.6) is 0 Å². The van der Waals surface area contributed by atoms with E-state index >= 15 is 0 Å². The Morgan fingerprint density at radius 1 is 1.21 bits per heavy atom. The summed E-state index contributed by atoms with van der Waals surface area (Å²) in [6, 6.07) is 1.40. The number of carboxylic acids is 1. The van der Waals surface area contributed by atoms with Crippen LogP contribution in [0.25, 0.3) is 0 Å². The van der Waals surface area contributed by atoms with E-state index in [2.05, 4.69) is 18.8 Å². The van der Waals surface area contributed by atoms with Gasteiger partial charge < -0.3 is 15.1 Å². The maximum Gasteiger partial charge on any atom is 0.338 e. The van der Waals surface area contributed by atoms with Crippen molar-refractivity contribution in [1.29, 1.82) is 0 Å². The Morgan fingerprint density at radius 3 is 2.38 bits per heavy atom. The van der Waals surface area contributed by atoms with Crippen LogP contribution in [0.15, 0.2) is 6.07 Å². The molecule has 2 fully saturated rings. The fourth-order valence-corrected chi connectivity index (χ4v) is 5.47. The monoisotopic (exact) mass is 417 g/mol. The summed E-state index contributed by atoms with van der Waals surface area (Å²) in [5.74, 6) is 5.47. The van der Waals surface area contributed by atoms with Crippen LogP contribution in [0.4, 0.5) is 5.00 Å². The summed E-state index contributed by atoms with van der Waals surface area (Å²) in [4.78, 5) is 27.4. The quantitative estimate of drug-likeness (QED) is 0.698. The zero-order valence-corrected chi connectivity index (χ0v) is 18.3. The molecule has 2 aliphatic carbocycles. The molecule has 0 bridgehead atoms. The lowest BCUT2D eigenvalue weighted by Crippen LogP contribution is -2.42. The van der Waals surface area contributed by atoms with E-state index in [4.69, 9.17) is 0 Å². The molecule has 0 aromatic carbocycles. The first-order chi connectivity index (χ1) is 13.7. The molecule has 0 atom stereocenters. The number of hydrogen-bond acceptors (Lipinski definition) is 4. The van der Waals surface area contributed by atoms with Gasteiger partial charge in [0, 0.05) is 12.0 Å². The molecule has 2 aliphatic rings. The molecule has 1 aromatic heterocycles. The van der Waals surface area contributed by atoms with Gasteiger partial charge in [-0.2, -0.15) is 0 Å². The van der Waals surface area contributed by atoms with Gasteiger partial charge in [-0.1, -0.05) is 18.8 Å². The normalized spacial score (nSPS) is 23.5. The molecule has 3 rings (SSSR count). The second-order valence-electron chi connectivity index (χ2n) is 8.88. The standard InChI is InChI=1S/C23H31NO4S/c1-15(2)24(20(25)17-8-6-16(3)7-9-17)21-19(22(26)27)14-18(29-21)10-13-23(28)11-4-5-12-23/h14-17,28H,4-9,11-12H2,1-3H3,(H,26,27). The second-order valence-corrected chi connectivity index (χ2v) is 9.91. The summed E-state index contributed by atoms with van der Waals surface area (Å²) in [6.07, 6.45) is 7.00. The molecule has 5 nitrogen and oxygen atoms in total. The van der Waals surface area contributed by atoms with Crippen molar-refractivity contribution in [3.8, 4) is 11.8 Å². The van der Waals surface area contributed by atoms with Crippen molar-refractivity contribution in [1.82, 2.24) is 0 Å². The number of aromatic carboxylic acids is 1. The Labute approximate surface area is 177 Å². The molecule has 2 saturated carbocycles. The number of amides is 1. The van der Waals surface area contributed by atoms with Crippen LogP contribution < -0.4 is 4.90 Å². The molecule has 1 heterocycles. The molecule has 0 radical (unpaired) electrons. The van der Waals surface area contributed by atoms with Crippen molar-refractivity contribution in [2.24, 2.45) is 11.8 Å². The van der Waals surface area contributed by atoms with Crippen LogP contribution in [-0.2, 0) is 4.79 Å². The molecule has 2 N–H and O–H groups in total. The number of hydrogen-bond donors (Lipinski definition) is 2. The molecule has 0 aliphatic heterocycles. The van der Waals surface area contributed by atoms with Crippen LogP contribution in [0.3, 0.4) is 0 Å². The topological polar surface area (TPSA) is 77.8 Å². The average Bonchev–Trinajstić information content (AvgIpc) is 3.28. The van der Waals surface area contributed by atoms with E-state index in [1.165, 1.54) is 11.3 Å². The largest absolute Gasteiger partial charge is 0.478 e. The summed E-state index contributed by atoms with van der Waals surface area (Å²) >= 11 is 1.24. The lowest BCUT2D eigenvalue weighted by molar-refractivity contribution is -0.123. The molecule has 158 valence electrons. The molecule has 1 amide bonds. The predicted molar refractivity (Wildman–Crippen MR) is 115 cm³/mol. The fraction of sp³-hybridized carbons (Fsp3) is 0.652. The van der Waals surface area contributed by atoms with Crippen LogP contribution in [0, 0.1) is 23.7 Å². The zero-order valence-electron chi connectivity index (χ0n) is 17.5. The van der Waals surface area contributed by atoms with Crippen molar-refractivity contribution in [2.45, 2.75) is 83.8 Å². The van der Waals surface area contributed by atoms with Gasteiger partial charge in [-0.15, -0.1) is 11.3 Å². The third-order valence-corrected chi connectivity index (χ3v) is 7.18. The molecular formula is C23H31NO4S. The summed E-state index contributed by atoms with van der Waals surface area (Å²) in [5, 5.41) is 20.7. The number of thiophene rings is 1. The van der Waals surface area contributed by atoms with Crippen LogP contribution in [0.2, 0.25) is 0 Å². The zero-order chi connectivity index (χ0) is 21.2. The number of carbonyl (C=O) groups is 2. The summed E-state index contributed by atoms with van der Waals surface area (Å²) in [7, 11) is 0. The highest BCUT2D eigenvalue weighted by molar-refractivity contribution is 7.17. The smallest absolute Gasteiger partial charge is 0.338 e. The summed E-state index contributed by atoms with van der Waals surface area (Å²) in [6.45, 7) is 6.05. The minimum Gasteiger partial charge on any atom is -0.478 e. The van der Waals surface area contributed by atoms with E-state index in [9.17, 15) is 19.8 Å². The second kappa shape index (κ2) is 8.89. The van der Waals surface area contributed by atoms with Crippen molar-refractivity contribution in [2.75, 3.05) is 4.90 Å². The van der Waals surface area contributed by atoms with E-state index in [1.54, 1.807) is 11.0 Å². The number of carboxylic acid groups (broad SMARTS) is 1. The molecule has 6 heteroatoms. The molecule has 0 unspecified atom stereocenters. The van der Waals surface area contributed by atoms with Crippen molar-refractivity contribution in [3.05, 3.63) is 16.5 Å². The maximum atomic E-state index is 13.3. The molecule has 1 aromatic rings.